The topological polar surface area (TPSA) is 47.3 Å². The molecule has 0 amide bonds. The lowest BCUT2D eigenvalue weighted by Gasteiger charge is -2.27. The van der Waals surface area contributed by atoms with Gasteiger partial charge in [0.1, 0.15) is 5.75 Å². The number of hydrogen-bond acceptors (Lipinski definition) is 3. The number of benzene rings is 2. The summed E-state index contributed by atoms with van der Waals surface area (Å²) in [7, 11) is 1.66. The highest BCUT2D eigenvalue weighted by Crippen LogP contribution is 2.33. The van der Waals surface area contributed by atoms with Crippen LogP contribution in [0.3, 0.4) is 0 Å². The number of hydrogen-bond donors (Lipinski definition) is 2. The molecule has 2 aromatic carbocycles. The third kappa shape index (κ3) is 2.57. The summed E-state index contributed by atoms with van der Waals surface area (Å²) in [6.07, 6.45) is 3.54. The second-order valence-electron chi connectivity index (χ2n) is 5.28. The number of anilines is 2. The van der Waals surface area contributed by atoms with E-state index >= 15 is 0 Å². The van der Waals surface area contributed by atoms with Crippen molar-refractivity contribution >= 4 is 11.4 Å². The summed E-state index contributed by atoms with van der Waals surface area (Å²) in [6, 6.07) is 14.8. The van der Waals surface area contributed by atoms with Crippen LogP contribution in [0.5, 0.6) is 5.75 Å². The van der Waals surface area contributed by atoms with E-state index < -0.39 is 0 Å². The van der Waals surface area contributed by atoms with Gasteiger partial charge in [-0.15, -0.1) is 0 Å². The van der Waals surface area contributed by atoms with E-state index in [9.17, 15) is 0 Å². The van der Waals surface area contributed by atoms with Crippen LogP contribution in [0.2, 0.25) is 0 Å². The maximum atomic E-state index is 5.91. The molecule has 0 heterocycles. The number of nitrogens with two attached hydrogens (primary N) is 1. The summed E-state index contributed by atoms with van der Waals surface area (Å²) in [5, 5.41) is 3.59. The number of fused-ring (bicyclic) bond motifs is 1. The van der Waals surface area contributed by atoms with Gasteiger partial charge in [0.25, 0.3) is 0 Å². The number of ether oxygens (including phenoxy) is 1. The molecular weight excluding hydrogens is 248 g/mol. The van der Waals surface area contributed by atoms with Gasteiger partial charge in [-0.3, -0.25) is 0 Å². The summed E-state index contributed by atoms with van der Waals surface area (Å²) in [6.45, 7) is 0. The molecule has 104 valence electrons. The van der Waals surface area contributed by atoms with Crippen LogP contribution in [0.1, 0.15) is 30.0 Å². The summed E-state index contributed by atoms with van der Waals surface area (Å²) >= 11 is 0. The van der Waals surface area contributed by atoms with Gasteiger partial charge >= 0.3 is 0 Å². The average Bonchev–Trinajstić information content (AvgIpc) is 2.47. The van der Waals surface area contributed by atoms with Crippen molar-refractivity contribution in [2.45, 2.75) is 25.3 Å². The van der Waals surface area contributed by atoms with Gasteiger partial charge < -0.3 is 15.8 Å². The molecule has 1 aliphatic carbocycles. The van der Waals surface area contributed by atoms with Crippen molar-refractivity contribution in [1.29, 1.82) is 0 Å². The van der Waals surface area contributed by atoms with Crippen molar-refractivity contribution in [3.8, 4) is 5.75 Å². The second-order valence-corrected chi connectivity index (χ2v) is 5.28. The van der Waals surface area contributed by atoms with Crippen LogP contribution in [0.4, 0.5) is 11.4 Å². The maximum absolute atomic E-state index is 5.91. The first-order valence-corrected chi connectivity index (χ1v) is 7.05. The van der Waals surface area contributed by atoms with Crippen molar-refractivity contribution in [3.05, 3.63) is 53.6 Å². The Morgan fingerprint density at radius 2 is 2.05 bits per heavy atom. The van der Waals surface area contributed by atoms with E-state index in [4.69, 9.17) is 10.5 Å². The first kappa shape index (κ1) is 12.9. The summed E-state index contributed by atoms with van der Waals surface area (Å²) in [4.78, 5) is 0. The normalized spacial score (nSPS) is 17.4. The molecule has 1 aliphatic rings. The lowest BCUT2D eigenvalue weighted by atomic mass is 9.87. The van der Waals surface area contributed by atoms with E-state index in [0.29, 0.717) is 6.04 Å². The quantitative estimate of drug-likeness (QED) is 0.833. The number of methoxy groups -OCH3 is 1. The molecule has 0 aromatic heterocycles. The Balaban J connectivity index is 1.87. The molecule has 0 fully saturated rings. The molecule has 1 unspecified atom stereocenters. The van der Waals surface area contributed by atoms with Crippen molar-refractivity contribution in [2.24, 2.45) is 0 Å². The van der Waals surface area contributed by atoms with Crippen LogP contribution in [-0.2, 0) is 6.42 Å². The van der Waals surface area contributed by atoms with Crippen molar-refractivity contribution in [2.75, 3.05) is 18.2 Å². The van der Waals surface area contributed by atoms with E-state index in [1.165, 1.54) is 24.0 Å². The fraction of sp³-hybridized carbons (Fsp3) is 0.294. The van der Waals surface area contributed by atoms with Gasteiger partial charge in [0, 0.05) is 23.5 Å². The van der Waals surface area contributed by atoms with E-state index in [1.54, 1.807) is 7.11 Å². The van der Waals surface area contributed by atoms with Gasteiger partial charge in [-0.05, 0) is 36.5 Å². The first-order chi connectivity index (χ1) is 9.76. The second kappa shape index (κ2) is 5.45. The lowest BCUT2D eigenvalue weighted by molar-refractivity contribution is 0.415. The Hall–Kier alpha value is -2.16. The van der Waals surface area contributed by atoms with E-state index in [-0.39, 0.29) is 0 Å². The van der Waals surface area contributed by atoms with E-state index in [2.05, 4.69) is 29.6 Å². The number of aryl methyl sites for hydroxylation is 1. The molecule has 0 aliphatic heterocycles. The molecule has 20 heavy (non-hydrogen) atoms. The average molecular weight is 268 g/mol. The van der Waals surface area contributed by atoms with Crippen molar-refractivity contribution in [1.82, 2.24) is 0 Å². The molecule has 0 spiro atoms. The highest BCUT2D eigenvalue weighted by atomic mass is 16.5. The van der Waals surface area contributed by atoms with Gasteiger partial charge in [0.15, 0.2) is 0 Å². The molecule has 0 bridgehead atoms. The van der Waals surface area contributed by atoms with Crippen LogP contribution in [0, 0.1) is 0 Å². The Bertz CT molecular complexity index is 610. The van der Waals surface area contributed by atoms with Crippen LogP contribution in [-0.4, -0.2) is 7.11 Å². The molecule has 3 heteroatoms. The zero-order valence-electron chi connectivity index (χ0n) is 11.7. The smallest absolute Gasteiger partial charge is 0.122 e. The fourth-order valence-corrected chi connectivity index (χ4v) is 2.93. The zero-order valence-corrected chi connectivity index (χ0v) is 11.7. The summed E-state index contributed by atoms with van der Waals surface area (Å²) in [5.41, 5.74) is 10.5. The third-order valence-corrected chi connectivity index (χ3v) is 3.87. The standard InChI is InChI=1S/C17H20N2O/c1-20-15-10-13(18)9-14(11-15)19-17-8-4-6-12-5-2-3-7-16(12)17/h2-3,5,7,9-11,17,19H,4,6,8,18H2,1H3. The molecule has 3 nitrogen and oxygen atoms in total. The SMILES string of the molecule is COc1cc(N)cc(NC2CCCc3ccccc32)c1. The number of nitrogen functional groups attached to an aromatic ring is 1. The van der Waals surface area contributed by atoms with Crippen LogP contribution < -0.4 is 15.8 Å². The highest BCUT2D eigenvalue weighted by Gasteiger charge is 2.19. The molecule has 0 saturated carbocycles. The molecule has 3 rings (SSSR count). The predicted octanol–water partition coefficient (Wildman–Crippen LogP) is 3.77. The lowest BCUT2D eigenvalue weighted by Crippen LogP contribution is -2.17. The van der Waals surface area contributed by atoms with Crippen LogP contribution in [0.25, 0.3) is 0 Å². The summed E-state index contributed by atoms with van der Waals surface area (Å²) < 4.78 is 5.27. The number of rotatable bonds is 3. The van der Waals surface area contributed by atoms with Crippen LogP contribution in [0.15, 0.2) is 42.5 Å². The molecule has 3 N–H and O–H groups in total. The molecule has 2 aromatic rings. The minimum Gasteiger partial charge on any atom is -0.497 e. The zero-order chi connectivity index (χ0) is 13.9. The monoisotopic (exact) mass is 268 g/mol. The molecular formula is C17H20N2O. The number of nitrogens with one attached hydrogen (secondary N) is 1. The van der Waals surface area contributed by atoms with Crippen LogP contribution >= 0.6 is 0 Å². The van der Waals surface area contributed by atoms with E-state index in [0.717, 1.165) is 23.5 Å². The predicted molar refractivity (Wildman–Crippen MR) is 83.2 cm³/mol. The van der Waals surface area contributed by atoms with Crippen molar-refractivity contribution in [3.63, 3.8) is 0 Å². The van der Waals surface area contributed by atoms with Gasteiger partial charge in [-0.1, -0.05) is 24.3 Å². The third-order valence-electron chi connectivity index (χ3n) is 3.87. The van der Waals surface area contributed by atoms with E-state index in [1.807, 2.05) is 18.2 Å². The Morgan fingerprint density at radius 1 is 1.20 bits per heavy atom. The first-order valence-electron chi connectivity index (χ1n) is 7.05. The maximum Gasteiger partial charge on any atom is 0.122 e. The van der Waals surface area contributed by atoms with Gasteiger partial charge in [-0.25, -0.2) is 0 Å². The molecule has 1 atom stereocenters. The van der Waals surface area contributed by atoms with Crippen molar-refractivity contribution < 1.29 is 4.74 Å². The fourth-order valence-electron chi connectivity index (χ4n) is 2.93. The Labute approximate surface area is 119 Å². The Kier molecular flexibility index (Phi) is 3.50. The Morgan fingerprint density at radius 3 is 2.90 bits per heavy atom. The minimum atomic E-state index is 0.353. The summed E-state index contributed by atoms with van der Waals surface area (Å²) in [5.74, 6) is 0.789. The minimum absolute atomic E-state index is 0.353. The highest BCUT2D eigenvalue weighted by molar-refractivity contribution is 5.60. The molecule has 0 saturated heterocycles. The van der Waals surface area contributed by atoms with Gasteiger partial charge in [0.05, 0.1) is 13.2 Å². The van der Waals surface area contributed by atoms with Gasteiger partial charge in [-0.2, -0.15) is 0 Å². The molecule has 0 radical (unpaired) electrons. The largest absolute Gasteiger partial charge is 0.497 e. The van der Waals surface area contributed by atoms with Gasteiger partial charge in [0.2, 0.25) is 0 Å².